The molecule has 3 heteroatoms. The third-order valence-corrected chi connectivity index (χ3v) is 3.84. The maximum Gasteiger partial charge on any atom is 0.245 e. The molecular weight excluding hydrogens is 200 g/mol. The van der Waals surface area contributed by atoms with Gasteiger partial charge in [-0.25, -0.2) is 0 Å². The second kappa shape index (κ2) is 5.00. The predicted molar refractivity (Wildman–Crippen MR) is 65.1 cm³/mol. The summed E-state index contributed by atoms with van der Waals surface area (Å²) < 4.78 is 0. The average Bonchev–Trinajstić information content (AvgIpc) is 2.24. The van der Waals surface area contributed by atoms with Crippen LogP contribution in [0.25, 0.3) is 0 Å². The first kappa shape index (κ1) is 11.6. The number of amides is 1. The van der Waals surface area contributed by atoms with Gasteiger partial charge in [0.1, 0.15) is 0 Å². The highest BCUT2D eigenvalue weighted by Gasteiger charge is 2.31. The summed E-state index contributed by atoms with van der Waals surface area (Å²) in [6.45, 7) is 11.4. The molecule has 2 aliphatic heterocycles. The van der Waals surface area contributed by atoms with Crippen LogP contribution >= 0.6 is 0 Å². The van der Waals surface area contributed by atoms with Crippen molar-refractivity contribution in [3.8, 4) is 0 Å². The van der Waals surface area contributed by atoms with E-state index in [-0.39, 0.29) is 5.91 Å². The van der Waals surface area contributed by atoms with Gasteiger partial charge in [-0.05, 0) is 37.9 Å². The first-order valence-corrected chi connectivity index (χ1v) is 6.32. The van der Waals surface area contributed by atoms with E-state index in [4.69, 9.17) is 0 Å². The minimum atomic E-state index is 0.0866. The molecule has 2 fully saturated rings. The third kappa shape index (κ3) is 2.64. The summed E-state index contributed by atoms with van der Waals surface area (Å²) in [6.07, 6.45) is 4.09. The van der Waals surface area contributed by atoms with Crippen molar-refractivity contribution in [1.29, 1.82) is 0 Å². The lowest BCUT2D eigenvalue weighted by Crippen LogP contribution is -2.54. The zero-order chi connectivity index (χ0) is 11.5. The van der Waals surface area contributed by atoms with Gasteiger partial charge in [0.2, 0.25) is 5.91 Å². The van der Waals surface area contributed by atoms with Crippen LogP contribution in [0.3, 0.4) is 0 Å². The van der Waals surface area contributed by atoms with Gasteiger partial charge < -0.3 is 9.80 Å². The van der Waals surface area contributed by atoms with Crippen LogP contribution < -0.4 is 0 Å². The van der Waals surface area contributed by atoms with Gasteiger partial charge in [-0.1, -0.05) is 13.5 Å². The van der Waals surface area contributed by atoms with Crippen LogP contribution in [0.2, 0.25) is 0 Å². The Hall–Kier alpha value is -0.830. The smallest absolute Gasteiger partial charge is 0.245 e. The van der Waals surface area contributed by atoms with Gasteiger partial charge in [0.15, 0.2) is 0 Å². The Labute approximate surface area is 98.1 Å². The van der Waals surface area contributed by atoms with Gasteiger partial charge in [-0.3, -0.25) is 4.79 Å². The second-order valence-corrected chi connectivity index (χ2v) is 5.30. The topological polar surface area (TPSA) is 23.6 Å². The highest BCUT2D eigenvalue weighted by Crippen LogP contribution is 2.21. The lowest BCUT2D eigenvalue weighted by molar-refractivity contribution is -0.132. The molecule has 0 aliphatic carbocycles. The van der Waals surface area contributed by atoms with Crippen molar-refractivity contribution in [1.82, 2.24) is 9.80 Å². The van der Waals surface area contributed by atoms with Crippen molar-refractivity contribution in [3.05, 3.63) is 12.7 Å². The Morgan fingerprint density at radius 3 is 2.56 bits per heavy atom. The number of hydrogen-bond donors (Lipinski definition) is 0. The van der Waals surface area contributed by atoms with E-state index in [2.05, 4.69) is 18.4 Å². The van der Waals surface area contributed by atoms with Crippen LogP contribution in [0, 0.1) is 11.8 Å². The maximum absolute atomic E-state index is 11.3. The standard InChI is InChI=1S/C13H22N2O/c1-3-13(16)15-9-12(10-15)8-14-6-4-11(2)5-7-14/h3,11-12H,1,4-10H2,2H3. The van der Waals surface area contributed by atoms with Crippen LogP contribution in [0.5, 0.6) is 0 Å². The van der Waals surface area contributed by atoms with E-state index < -0.39 is 0 Å². The molecule has 1 amide bonds. The fraction of sp³-hybridized carbons (Fsp3) is 0.769. The highest BCUT2D eigenvalue weighted by molar-refractivity contribution is 5.87. The Balaban J connectivity index is 1.66. The summed E-state index contributed by atoms with van der Waals surface area (Å²) in [7, 11) is 0. The first-order chi connectivity index (χ1) is 7.69. The van der Waals surface area contributed by atoms with Gasteiger partial charge in [-0.2, -0.15) is 0 Å². The highest BCUT2D eigenvalue weighted by atomic mass is 16.2. The molecule has 90 valence electrons. The van der Waals surface area contributed by atoms with Gasteiger partial charge in [0, 0.05) is 25.6 Å². The van der Waals surface area contributed by atoms with E-state index in [0.29, 0.717) is 5.92 Å². The summed E-state index contributed by atoms with van der Waals surface area (Å²) in [5.74, 6) is 1.68. The summed E-state index contributed by atoms with van der Waals surface area (Å²) in [6, 6.07) is 0. The molecule has 0 atom stereocenters. The van der Waals surface area contributed by atoms with Crippen molar-refractivity contribution >= 4 is 5.91 Å². The van der Waals surface area contributed by atoms with Crippen molar-refractivity contribution in [2.45, 2.75) is 19.8 Å². The number of carbonyl (C=O) groups excluding carboxylic acids is 1. The molecule has 2 rings (SSSR count). The van der Waals surface area contributed by atoms with E-state index in [0.717, 1.165) is 19.0 Å². The average molecular weight is 222 g/mol. The number of likely N-dealkylation sites (tertiary alicyclic amines) is 2. The Kier molecular flexibility index (Phi) is 3.64. The van der Waals surface area contributed by atoms with Crippen LogP contribution in [0.4, 0.5) is 0 Å². The quantitative estimate of drug-likeness (QED) is 0.673. The second-order valence-electron chi connectivity index (χ2n) is 5.30. The van der Waals surface area contributed by atoms with E-state index in [1.165, 1.54) is 38.6 Å². The van der Waals surface area contributed by atoms with Gasteiger partial charge in [-0.15, -0.1) is 0 Å². The number of nitrogens with zero attached hydrogens (tertiary/aromatic N) is 2. The molecule has 0 radical (unpaired) electrons. The van der Waals surface area contributed by atoms with E-state index in [1.807, 2.05) is 4.90 Å². The molecule has 3 nitrogen and oxygen atoms in total. The van der Waals surface area contributed by atoms with E-state index in [1.54, 1.807) is 0 Å². The van der Waals surface area contributed by atoms with Crippen LogP contribution in [-0.2, 0) is 4.79 Å². The molecule has 2 heterocycles. The normalized spacial score (nSPS) is 24.2. The van der Waals surface area contributed by atoms with Crippen molar-refractivity contribution < 1.29 is 4.79 Å². The maximum atomic E-state index is 11.3. The Morgan fingerprint density at radius 1 is 1.38 bits per heavy atom. The minimum absolute atomic E-state index is 0.0866. The minimum Gasteiger partial charge on any atom is -0.338 e. The first-order valence-electron chi connectivity index (χ1n) is 6.32. The Morgan fingerprint density at radius 2 is 2.00 bits per heavy atom. The third-order valence-electron chi connectivity index (χ3n) is 3.84. The molecule has 0 aromatic heterocycles. The molecule has 0 unspecified atom stereocenters. The van der Waals surface area contributed by atoms with Gasteiger partial charge >= 0.3 is 0 Å². The summed E-state index contributed by atoms with van der Waals surface area (Å²) in [4.78, 5) is 15.7. The molecule has 16 heavy (non-hydrogen) atoms. The van der Waals surface area contributed by atoms with E-state index in [9.17, 15) is 4.79 Å². The molecule has 0 aromatic rings. The molecule has 0 N–H and O–H groups in total. The Bertz CT molecular complexity index is 263. The van der Waals surface area contributed by atoms with Crippen LogP contribution in [0.15, 0.2) is 12.7 Å². The molecule has 2 saturated heterocycles. The fourth-order valence-electron chi connectivity index (χ4n) is 2.60. The van der Waals surface area contributed by atoms with Crippen LogP contribution in [-0.4, -0.2) is 48.4 Å². The molecule has 0 bridgehead atoms. The van der Waals surface area contributed by atoms with Crippen molar-refractivity contribution in [2.75, 3.05) is 32.7 Å². The monoisotopic (exact) mass is 222 g/mol. The molecule has 2 aliphatic rings. The summed E-state index contributed by atoms with van der Waals surface area (Å²) in [5.41, 5.74) is 0. The largest absolute Gasteiger partial charge is 0.338 e. The summed E-state index contributed by atoms with van der Waals surface area (Å²) >= 11 is 0. The SMILES string of the molecule is C=CC(=O)N1CC(CN2CCC(C)CC2)C1. The summed E-state index contributed by atoms with van der Waals surface area (Å²) in [5, 5.41) is 0. The predicted octanol–water partition coefficient (Wildman–Crippen LogP) is 1.36. The van der Waals surface area contributed by atoms with Crippen LogP contribution in [0.1, 0.15) is 19.8 Å². The number of carbonyl (C=O) groups is 1. The van der Waals surface area contributed by atoms with E-state index >= 15 is 0 Å². The molecule has 0 spiro atoms. The molecule has 0 saturated carbocycles. The van der Waals surface area contributed by atoms with Gasteiger partial charge in [0.05, 0.1) is 0 Å². The van der Waals surface area contributed by atoms with Gasteiger partial charge in [0.25, 0.3) is 0 Å². The van der Waals surface area contributed by atoms with Crippen molar-refractivity contribution in [3.63, 3.8) is 0 Å². The lowest BCUT2D eigenvalue weighted by atomic mass is 9.95. The molecule has 0 aromatic carbocycles. The van der Waals surface area contributed by atoms with Crippen molar-refractivity contribution in [2.24, 2.45) is 11.8 Å². The lowest BCUT2D eigenvalue weighted by Gasteiger charge is -2.42. The zero-order valence-corrected chi connectivity index (χ0v) is 10.2. The number of hydrogen-bond acceptors (Lipinski definition) is 2. The zero-order valence-electron chi connectivity index (χ0n) is 10.2. The molecular formula is C13H22N2O. The fourth-order valence-corrected chi connectivity index (χ4v) is 2.60. The number of piperidine rings is 1. The number of rotatable bonds is 3.